The lowest BCUT2D eigenvalue weighted by Gasteiger charge is -2.40. The van der Waals surface area contributed by atoms with E-state index in [0.29, 0.717) is 31.7 Å². The van der Waals surface area contributed by atoms with E-state index in [-0.39, 0.29) is 42.9 Å². The lowest BCUT2D eigenvalue weighted by molar-refractivity contribution is -0.138. The molecule has 15 heteroatoms. The van der Waals surface area contributed by atoms with E-state index in [1.54, 1.807) is 4.90 Å². The molecular formula is C29H36F5N5O4Si. The number of halogens is 5. The summed E-state index contributed by atoms with van der Waals surface area (Å²) in [6, 6.07) is 2.31. The van der Waals surface area contributed by atoms with Gasteiger partial charge < -0.3 is 29.9 Å². The predicted octanol–water partition coefficient (Wildman–Crippen LogP) is 5.87. The van der Waals surface area contributed by atoms with Crippen LogP contribution in [0.1, 0.15) is 28.4 Å². The minimum atomic E-state index is -4.97. The number of carbonyl (C=O) groups is 2. The maximum Gasteiger partial charge on any atom is 0.417 e. The molecule has 0 aliphatic carbocycles. The minimum absolute atomic E-state index is 0.0331. The van der Waals surface area contributed by atoms with Crippen molar-refractivity contribution >= 4 is 37.0 Å². The Kier molecular flexibility index (Phi) is 9.59. The highest BCUT2D eigenvalue weighted by Gasteiger charge is 2.37. The Morgan fingerprint density at radius 3 is 2.48 bits per heavy atom. The molecule has 0 spiro atoms. The second-order valence-electron chi connectivity index (χ2n) is 12.3. The van der Waals surface area contributed by atoms with E-state index in [0.717, 1.165) is 17.2 Å². The molecule has 0 saturated carbocycles. The van der Waals surface area contributed by atoms with Crippen LogP contribution in [0.2, 0.25) is 25.7 Å². The number of carbonyl (C=O) groups excluding carboxylic acids is 1. The Morgan fingerprint density at radius 1 is 1.18 bits per heavy atom. The van der Waals surface area contributed by atoms with Crippen LogP contribution in [0.4, 0.5) is 38.1 Å². The van der Waals surface area contributed by atoms with Gasteiger partial charge in [-0.3, -0.25) is 4.79 Å². The Labute approximate surface area is 253 Å². The Balaban J connectivity index is 1.74. The van der Waals surface area contributed by atoms with E-state index in [1.165, 1.54) is 6.08 Å². The number of nitrogens with zero attached hydrogens (tertiary/aromatic N) is 4. The molecule has 0 unspecified atom stereocenters. The van der Waals surface area contributed by atoms with E-state index in [1.807, 2.05) is 18.9 Å². The number of likely N-dealkylation sites (N-methyl/N-ethyl adjacent to an activating group) is 1. The van der Waals surface area contributed by atoms with Crippen LogP contribution in [-0.2, 0) is 6.18 Å². The number of carboxylic acid groups (broad SMARTS) is 1. The first-order valence-electron chi connectivity index (χ1n) is 14.1. The number of pyridine rings is 1. The van der Waals surface area contributed by atoms with Crippen LogP contribution in [0.3, 0.4) is 0 Å². The van der Waals surface area contributed by atoms with Gasteiger partial charge in [0.2, 0.25) is 5.88 Å². The molecule has 3 heterocycles. The highest BCUT2D eigenvalue weighted by molar-refractivity contribution is 6.76. The number of aromatic nitrogens is 1. The zero-order chi connectivity index (χ0) is 32.6. The minimum Gasteiger partial charge on any atom is -0.478 e. The molecule has 44 heavy (non-hydrogen) atoms. The van der Waals surface area contributed by atoms with E-state index in [9.17, 15) is 27.9 Å². The Hall–Kier alpha value is -3.72. The third-order valence-corrected chi connectivity index (χ3v) is 9.48. The number of ether oxygens (including phenoxy) is 1. The fourth-order valence-electron chi connectivity index (χ4n) is 4.99. The summed E-state index contributed by atoms with van der Waals surface area (Å²) in [5.41, 5.74) is -3.26. The van der Waals surface area contributed by atoms with Crippen molar-refractivity contribution < 1.29 is 41.4 Å². The van der Waals surface area contributed by atoms with Gasteiger partial charge >= 0.3 is 12.3 Å². The molecule has 9 nitrogen and oxygen atoms in total. The molecule has 2 aromatic rings. The third-order valence-electron chi connectivity index (χ3n) is 7.78. The van der Waals surface area contributed by atoms with Crippen molar-refractivity contribution in [3.8, 4) is 5.88 Å². The standard InChI is InChI=1S/C29H36F5N5O4Si/c1-17-15-38(9-8-37(17)2)22-13-21(30)24(18-6-7-39(16-18)28(41)42)25(31)26(22)36-27(40)19-14-35-23(12-20(19)29(32,33)34)43-10-11-44(3,4)5/h6,12-14,17H,7-11,15-16H2,1-5H3,(H,36,40)(H,41,42)/t17-/m0/s1. The molecular weight excluding hydrogens is 605 g/mol. The molecule has 0 bridgehead atoms. The van der Waals surface area contributed by atoms with Gasteiger partial charge in [-0.25, -0.2) is 18.6 Å². The quantitative estimate of drug-likeness (QED) is 0.275. The van der Waals surface area contributed by atoms with Crippen molar-refractivity contribution in [1.29, 1.82) is 0 Å². The molecule has 1 atom stereocenters. The maximum atomic E-state index is 16.3. The molecule has 2 N–H and O–H groups in total. The fourth-order valence-corrected chi connectivity index (χ4v) is 5.71. The summed E-state index contributed by atoms with van der Waals surface area (Å²) in [5, 5.41) is 11.6. The second-order valence-corrected chi connectivity index (χ2v) is 17.9. The molecule has 0 radical (unpaired) electrons. The molecule has 1 saturated heterocycles. The fraction of sp³-hybridized carbons (Fsp3) is 0.483. The smallest absolute Gasteiger partial charge is 0.417 e. The first kappa shape index (κ1) is 33.2. The molecule has 2 amide bonds. The summed E-state index contributed by atoms with van der Waals surface area (Å²) in [6.07, 6.45) is -4.17. The zero-order valence-electron chi connectivity index (χ0n) is 25.2. The average molecular weight is 642 g/mol. The number of amides is 2. The van der Waals surface area contributed by atoms with Gasteiger partial charge in [0.15, 0.2) is 5.82 Å². The van der Waals surface area contributed by atoms with E-state index in [2.05, 4.69) is 29.9 Å². The summed E-state index contributed by atoms with van der Waals surface area (Å²) in [4.78, 5) is 33.4. The Bertz CT molecular complexity index is 1460. The Morgan fingerprint density at radius 2 is 1.89 bits per heavy atom. The number of alkyl halides is 3. The lowest BCUT2D eigenvalue weighted by atomic mass is 10.0. The van der Waals surface area contributed by atoms with Crippen molar-refractivity contribution in [3.05, 3.63) is 52.7 Å². The summed E-state index contributed by atoms with van der Waals surface area (Å²) < 4.78 is 79.7. The molecule has 1 aromatic carbocycles. The second kappa shape index (κ2) is 12.7. The van der Waals surface area contributed by atoms with Crippen molar-refractivity contribution in [1.82, 2.24) is 14.8 Å². The van der Waals surface area contributed by atoms with Gasteiger partial charge in [0, 0.05) is 65.2 Å². The van der Waals surface area contributed by atoms with Crippen LogP contribution in [-0.4, -0.2) is 92.4 Å². The molecule has 2 aliphatic heterocycles. The van der Waals surface area contributed by atoms with Crippen LogP contribution >= 0.6 is 0 Å². The SMILES string of the molecule is C[C@H]1CN(c2cc(F)c(C3=CCN(C(=O)O)C3)c(F)c2NC(=O)c2cnc(OCC[Si](C)(C)C)cc2C(F)(F)F)CCN1C. The van der Waals surface area contributed by atoms with E-state index >= 15 is 8.78 Å². The van der Waals surface area contributed by atoms with Gasteiger partial charge in [0.05, 0.1) is 29.0 Å². The number of nitrogens with one attached hydrogen (secondary N) is 1. The van der Waals surface area contributed by atoms with E-state index < -0.39 is 60.3 Å². The summed E-state index contributed by atoms with van der Waals surface area (Å²) >= 11 is 0. The highest BCUT2D eigenvalue weighted by atomic mass is 28.3. The monoisotopic (exact) mass is 641 g/mol. The van der Waals surface area contributed by atoms with Gasteiger partial charge in [-0.05, 0) is 25.6 Å². The van der Waals surface area contributed by atoms with Gasteiger partial charge in [-0.1, -0.05) is 25.7 Å². The largest absolute Gasteiger partial charge is 0.478 e. The first-order chi connectivity index (χ1) is 20.5. The number of piperazine rings is 1. The number of hydrogen-bond acceptors (Lipinski definition) is 6. The van der Waals surface area contributed by atoms with Gasteiger partial charge in [0.1, 0.15) is 11.5 Å². The topological polar surface area (TPSA) is 98.2 Å². The summed E-state index contributed by atoms with van der Waals surface area (Å²) in [7, 11) is 0.350. The highest BCUT2D eigenvalue weighted by Crippen LogP contribution is 2.39. The van der Waals surface area contributed by atoms with Crippen LogP contribution < -0.4 is 15.0 Å². The number of anilines is 2. The molecule has 2 aliphatic rings. The van der Waals surface area contributed by atoms with Crippen LogP contribution in [0.15, 0.2) is 24.4 Å². The summed E-state index contributed by atoms with van der Waals surface area (Å²) in [5.74, 6) is -3.80. The zero-order valence-corrected chi connectivity index (χ0v) is 26.2. The first-order valence-corrected chi connectivity index (χ1v) is 17.8. The number of hydrogen-bond donors (Lipinski definition) is 2. The lowest BCUT2D eigenvalue weighted by Crippen LogP contribution is -2.50. The molecule has 240 valence electrons. The van der Waals surface area contributed by atoms with Crippen molar-refractivity contribution in [2.24, 2.45) is 0 Å². The molecule has 1 fully saturated rings. The molecule has 1 aromatic heterocycles. The maximum absolute atomic E-state index is 16.3. The summed E-state index contributed by atoms with van der Waals surface area (Å²) in [6.45, 7) is 9.10. The average Bonchev–Trinajstić information content (AvgIpc) is 3.40. The third kappa shape index (κ3) is 7.49. The molecule has 4 rings (SSSR count). The number of rotatable bonds is 8. The van der Waals surface area contributed by atoms with Crippen molar-refractivity contribution in [3.63, 3.8) is 0 Å². The van der Waals surface area contributed by atoms with Gasteiger partial charge in [0.25, 0.3) is 5.91 Å². The number of benzene rings is 1. The van der Waals surface area contributed by atoms with Crippen LogP contribution in [0, 0.1) is 11.6 Å². The van der Waals surface area contributed by atoms with Gasteiger partial charge in [-0.15, -0.1) is 0 Å². The van der Waals surface area contributed by atoms with Crippen molar-refractivity contribution in [2.75, 3.05) is 56.6 Å². The van der Waals surface area contributed by atoms with Gasteiger partial charge in [-0.2, -0.15) is 13.2 Å². The van der Waals surface area contributed by atoms with Crippen LogP contribution in [0.5, 0.6) is 5.88 Å². The predicted molar refractivity (Wildman–Crippen MR) is 159 cm³/mol. The van der Waals surface area contributed by atoms with Crippen molar-refractivity contribution in [2.45, 2.75) is 44.8 Å². The normalized spacial score (nSPS) is 18.0. The van der Waals surface area contributed by atoms with Crippen LogP contribution in [0.25, 0.3) is 5.57 Å². The van der Waals surface area contributed by atoms with E-state index in [4.69, 9.17) is 4.74 Å².